The number of anilines is 3. The van der Waals surface area contributed by atoms with Crippen molar-refractivity contribution in [3.05, 3.63) is 67.8 Å². The molecule has 0 spiro atoms. The SMILES string of the molecule is CCc1c(N2CCN(C(=O)C(=O)Nc3nc(C)cs3)CC2)c(=O)n2nc(C3=CCOCC3)nc2n1CC(=O)Nc1ccc(C(F)(F)F)cc1Cl. The van der Waals surface area contributed by atoms with Crippen LogP contribution in [0, 0.1) is 6.92 Å². The molecule has 0 radical (unpaired) electrons. The van der Waals surface area contributed by atoms with E-state index in [4.69, 9.17) is 16.3 Å². The molecule has 6 rings (SSSR count). The molecule has 2 aliphatic rings. The molecule has 3 amide bonds. The Morgan fingerprint density at radius 3 is 2.48 bits per heavy atom. The van der Waals surface area contributed by atoms with Gasteiger partial charge in [-0.2, -0.15) is 22.7 Å². The number of carbonyl (C=O) groups is 3. The number of thiazole rings is 1. The van der Waals surface area contributed by atoms with Gasteiger partial charge in [0.05, 0.1) is 40.9 Å². The van der Waals surface area contributed by atoms with Gasteiger partial charge in [0.25, 0.3) is 5.56 Å². The highest BCUT2D eigenvalue weighted by Crippen LogP contribution is 2.34. The van der Waals surface area contributed by atoms with E-state index in [1.165, 1.54) is 16.2 Å². The third kappa shape index (κ3) is 7.22. The fourth-order valence-electron chi connectivity index (χ4n) is 5.76. The molecular weight excluding hydrogens is 703 g/mol. The van der Waals surface area contributed by atoms with Crippen LogP contribution in [0.3, 0.4) is 0 Å². The Balaban J connectivity index is 1.30. The average molecular weight is 734 g/mol. The number of nitrogens with one attached hydrogen (secondary N) is 2. The van der Waals surface area contributed by atoms with E-state index >= 15 is 0 Å². The zero-order valence-corrected chi connectivity index (χ0v) is 28.4. The molecule has 4 aromatic rings. The molecule has 264 valence electrons. The summed E-state index contributed by atoms with van der Waals surface area (Å²) in [6.07, 6.45) is -2.01. The molecule has 1 aromatic carbocycles. The van der Waals surface area contributed by atoms with Gasteiger partial charge in [-0.15, -0.1) is 16.4 Å². The van der Waals surface area contributed by atoms with E-state index in [1.54, 1.807) is 28.7 Å². The molecule has 0 bridgehead atoms. The number of ether oxygens (including phenoxy) is 1. The standard InChI is InChI=1S/C31H31ClF3N9O5S/c1-3-22-24(41-8-10-42(11-9-41)28(48)26(46)39-29-36-17(2)16-50-29)27(47)44-30(38-25(40-44)18-6-12-49-13-7-18)43(22)15-23(45)37-21-5-4-19(14-20(21)32)31(33,34)35/h4-6,14,16H,3,7-13,15H2,1-2H3,(H,37,45)(H,36,39,46). The monoisotopic (exact) mass is 733 g/mol. The van der Waals surface area contributed by atoms with E-state index in [-0.39, 0.29) is 61.3 Å². The van der Waals surface area contributed by atoms with E-state index in [9.17, 15) is 32.3 Å². The fourth-order valence-corrected chi connectivity index (χ4v) is 6.67. The number of aromatic nitrogens is 5. The molecule has 5 heterocycles. The van der Waals surface area contributed by atoms with Gasteiger partial charge in [-0.25, -0.2) is 4.98 Å². The van der Waals surface area contributed by atoms with Crippen molar-refractivity contribution in [2.75, 3.05) is 54.9 Å². The average Bonchev–Trinajstić information content (AvgIpc) is 3.73. The number of benzene rings is 1. The number of rotatable bonds is 7. The van der Waals surface area contributed by atoms with Crippen LogP contribution in [0.25, 0.3) is 11.4 Å². The van der Waals surface area contributed by atoms with Crippen LogP contribution in [0.4, 0.5) is 29.7 Å². The summed E-state index contributed by atoms with van der Waals surface area (Å²) in [6.45, 7) is 4.64. The second kappa shape index (κ2) is 14.2. The van der Waals surface area contributed by atoms with E-state index in [0.29, 0.717) is 42.0 Å². The van der Waals surface area contributed by atoms with Crippen molar-refractivity contribution in [2.45, 2.75) is 39.4 Å². The Morgan fingerprint density at radius 2 is 1.86 bits per heavy atom. The third-order valence-electron chi connectivity index (χ3n) is 8.20. The van der Waals surface area contributed by atoms with Gasteiger partial charge in [0.2, 0.25) is 11.7 Å². The Morgan fingerprint density at radius 1 is 1.10 bits per heavy atom. The normalized spacial score (nSPS) is 15.3. The Labute approximate surface area is 291 Å². The van der Waals surface area contributed by atoms with Crippen molar-refractivity contribution in [1.29, 1.82) is 0 Å². The molecule has 2 N–H and O–H groups in total. The van der Waals surface area contributed by atoms with Crippen LogP contribution in [-0.2, 0) is 38.3 Å². The van der Waals surface area contributed by atoms with Gasteiger partial charge in [-0.3, -0.25) is 24.5 Å². The molecular formula is C31H31ClF3N9O5S. The van der Waals surface area contributed by atoms with Crippen LogP contribution in [0.5, 0.6) is 0 Å². The number of amides is 3. The van der Waals surface area contributed by atoms with Gasteiger partial charge in [0, 0.05) is 31.6 Å². The number of halogens is 4. The van der Waals surface area contributed by atoms with Crippen molar-refractivity contribution in [1.82, 2.24) is 29.0 Å². The predicted octanol–water partition coefficient (Wildman–Crippen LogP) is 3.62. The number of carbonyl (C=O) groups excluding carboxylic acids is 3. The van der Waals surface area contributed by atoms with Crippen molar-refractivity contribution in [2.24, 2.45) is 0 Å². The number of alkyl halides is 3. The molecule has 0 atom stereocenters. The van der Waals surface area contributed by atoms with Crippen LogP contribution in [0.15, 0.2) is 34.4 Å². The molecule has 3 aromatic heterocycles. The van der Waals surface area contributed by atoms with Gasteiger partial charge >= 0.3 is 18.0 Å². The molecule has 14 nitrogen and oxygen atoms in total. The summed E-state index contributed by atoms with van der Waals surface area (Å²) in [4.78, 5) is 65.1. The maximum Gasteiger partial charge on any atom is 0.416 e. The van der Waals surface area contributed by atoms with Crippen molar-refractivity contribution in [3.63, 3.8) is 0 Å². The molecule has 19 heteroatoms. The maximum atomic E-state index is 14.1. The summed E-state index contributed by atoms with van der Waals surface area (Å²) < 4.78 is 47.6. The first kappa shape index (κ1) is 35.0. The summed E-state index contributed by atoms with van der Waals surface area (Å²) >= 11 is 7.31. The van der Waals surface area contributed by atoms with Gasteiger partial charge in [0.15, 0.2) is 11.0 Å². The lowest BCUT2D eigenvalue weighted by Gasteiger charge is -2.36. The van der Waals surface area contributed by atoms with E-state index < -0.39 is 35.0 Å². The minimum Gasteiger partial charge on any atom is -0.377 e. The zero-order valence-electron chi connectivity index (χ0n) is 26.8. The van der Waals surface area contributed by atoms with Crippen LogP contribution in [-0.4, -0.2) is 86.2 Å². The number of hydrogen-bond acceptors (Lipinski definition) is 10. The summed E-state index contributed by atoms with van der Waals surface area (Å²) in [5.74, 6) is -1.80. The Bertz CT molecular complexity index is 2070. The minimum atomic E-state index is -4.61. The number of hydrogen-bond donors (Lipinski definition) is 2. The largest absolute Gasteiger partial charge is 0.416 e. The first-order chi connectivity index (χ1) is 23.8. The van der Waals surface area contributed by atoms with Crippen LogP contribution < -0.4 is 21.1 Å². The first-order valence-electron chi connectivity index (χ1n) is 15.6. The van der Waals surface area contributed by atoms with Crippen molar-refractivity contribution < 1.29 is 32.3 Å². The summed E-state index contributed by atoms with van der Waals surface area (Å²) in [6, 6.07) is 2.61. The van der Waals surface area contributed by atoms with E-state index in [0.717, 1.165) is 28.3 Å². The number of nitrogens with zero attached hydrogens (tertiary/aromatic N) is 7. The second-order valence-corrected chi connectivity index (χ2v) is 12.8. The quantitative estimate of drug-likeness (QED) is 0.271. The summed E-state index contributed by atoms with van der Waals surface area (Å²) in [5, 5.41) is 11.4. The highest BCUT2D eigenvalue weighted by atomic mass is 35.5. The van der Waals surface area contributed by atoms with Gasteiger partial charge in [0.1, 0.15) is 12.2 Å². The Hall–Kier alpha value is -4.81. The minimum absolute atomic E-state index is 0.0238. The highest BCUT2D eigenvalue weighted by molar-refractivity contribution is 7.14. The molecule has 0 unspecified atom stereocenters. The van der Waals surface area contributed by atoms with Crippen LogP contribution >= 0.6 is 22.9 Å². The number of aryl methyl sites for hydroxylation is 1. The van der Waals surface area contributed by atoms with Crippen molar-refractivity contribution >= 4 is 68.5 Å². The van der Waals surface area contributed by atoms with E-state index in [2.05, 4.69) is 25.7 Å². The zero-order chi connectivity index (χ0) is 35.7. The molecule has 2 aliphatic heterocycles. The smallest absolute Gasteiger partial charge is 0.377 e. The molecule has 50 heavy (non-hydrogen) atoms. The molecule has 0 saturated carbocycles. The van der Waals surface area contributed by atoms with Crippen molar-refractivity contribution in [3.8, 4) is 0 Å². The van der Waals surface area contributed by atoms with E-state index in [1.807, 2.05) is 6.08 Å². The third-order valence-corrected chi connectivity index (χ3v) is 9.39. The molecule has 1 saturated heterocycles. The number of piperazine rings is 1. The number of fused-ring (bicyclic) bond motifs is 1. The lowest BCUT2D eigenvalue weighted by atomic mass is 10.1. The highest BCUT2D eigenvalue weighted by Gasteiger charge is 2.32. The second-order valence-electron chi connectivity index (χ2n) is 11.5. The first-order valence-corrected chi connectivity index (χ1v) is 16.8. The van der Waals surface area contributed by atoms with Gasteiger partial charge in [-0.05, 0) is 43.5 Å². The predicted molar refractivity (Wildman–Crippen MR) is 179 cm³/mol. The summed E-state index contributed by atoms with van der Waals surface area (Å²) in [5.41, 5.74) is 0.707. The Kier molecular flexibility index (Phi) is 9.95. The molecule has 1 fully saturated rings. The fraction of sp³-hybridized carbons (Fsp3) is 0.387. The van der Waals surface area contributed by atoms with Gasteiger partial charge < -0.3 is 24.4 Å². The molecule has 0 aliphatic carbocycles. The van der Waals surface area contributed by atoms with Gasteiger partial charge in [-0.1, -0.05) is 24.6 Å². The van der Waals surface area contributed by atoms with Crippen LogP contribution in [0.1, 0.15) is 36.1 Å². The van der Waals surface area contributed by atoms with Crippen LogP contribution in [0.2, 0.25) is 5.02 Å². The lowest BCUT2D eigenvalue weighted by Crippen LogP contribution is -2.53. The topological polar surface area (TPSA) is 156 Å². The maximum absolute atomic E-state index is 14.1. The lowest BCUT2D eigenvalue weighted by molar-refractivity contribution is -0.143. The summed E-state index contributed by atoms with van der Waals surface area (Å²) in [7, 11) is 0.